The molecular formula is C7H5F2NOS. The van der Waals surface area contributed by atoms with Gasteiger partial charge in [0.1, 0.15) is 0 Å². The van der Waals surface area contributed by atoms with Crippen molar-refractivity contribution in [2.45, 2.75) is 13.0 Å². The van der Waals surface area contributed by atoms with Gasteiger partial charge in [-0.05, 0) is 0 Å². The average molecular weight is 189 g/mol. The first-order chi connectivity index (χ1) is 5.72. The molecule has 0 saturated heterocycles. The largest absolute Gasteiger partial charge is 0.408 e. The molecule has 1 heterocycles. The highest BCUT2D eigenvalue weighted by Crippen LogP contribution is 2.19. The number of hydrogen-bond acceptors (Lipinski definition) is 3. The Balaban J connectivity index is 2.59. The molecular weight excluding hydrogens is 184 g/mol. The monoisotopic (exact) mass is 189 g/mol. The van der Waals surface area contributed by atoms with Gasteiger partial charge in [-0.15, -0.1) is 12.3 Å². The molecule has 0 saturated carbocycles. The van der Waals surface area contributed by atoms with E-state index in [0.717, 1.165) is 11.3 Å². The maximum atomic E-state index is 11.6. The second-order valence-corrected chi connectivity index (χ2v) is 2.68. The summed E-state index contributed by atoms with van der Waals surface area (Å²) >= 11 is 1.01. The standard InChI is InChI=1S/C7H5F2NOS/c1-2-3-5-4-12-7(10-5)11-6(8)9/h1,4,6H,3H2. The third-order valence-electron chi connectivity index (χ3n) is 1.00. The number of aromatic nitrogens is 1. The molecule has 12 heavy (non-hydrogen) atoms. The minimum Gasteiger partial charge on any atom is -0.408 e. The third-order valence-corrected chi connectivity index (χ3v) is 1.78. The fourth-order valence-corrected chi connectivity index (χ4v) is 1.28. The van der Waals surface area contributed by atoms with Crippen molar-refractivity contribution in [1.82, 2.24) is 4.98 Å². The lowest BCUT2D eigenvalue weighted by atomic mass is 10.4. The first kappa shape index (κ1) is 8.94. The summed E-state index contributed by atoms with van der Waals surface area (Å²) in [6.07, 6.45) is 5.33. The van der Waals surface area contributed by atoms with E-state index in [2.05, 4.69) is 15.6 Å². The molecule has 0 amide bonds. The van der Waals surface area contributed by atoms with E-state index in [1.807, 2.05) is 0 Å². The Kier molecular flexibility index (Phi) is 3.00. The number of nitrogens with zero attached hydrogens (tertiary/aromatic N) is 1. The Morgan fingerprint density at radius 2 is 2.50 bits per heavy atom. The minimum atomic E-state index is -2.82. The van der Waals surface area contributed by atoms with Crippen LogP contribution < -0.4 is 4.74 Å². The number of thiazole rings is 1. The molecule has 0 aliphatic carbocycles. The van der Waals surface area contributed by atoms with Gasteiger partial charge < -0.3 is 4.74 Å². The van der Waals surface area contributed by atoms with Gasteiger partial charge in [-0.2, -0.15) is 8.78 Å². The molecule has 0 aliphatic rings. The number of alkyl halides is 2. The van der Waals surface area contributed by atoms with Crippen LogP contribution in [-0.2, 0) is 6.42 Å². The van der Waals surface area contributed by atoms with Crippen LogP contribution in [0.1, 0.15) is 5.69 Å². The van der Waals surface area contributed by atoms with Gasteiger partial charge in [0, 0.05) is 5.38 Å². The Hall–Kier alpha value is -1.15. The Morgan fingerprint density at radius 1 is 1.75 bits per heavy atom. The SMILES string of the molecule is C#CCc1csc(OC(F)F)n1. The second kappa shape index (κ2) is 4.02. The van der Waals surface area contributed by atoms with Gasteiger partial charge in [0.15, 0.2) is 0 Å². The zero-order valence-electron chi connectivity index (χ0n) is 5.96. The van der Waals surface area contributed by atoms with Crippen molar-refractivity contribution < 1.29 is 13.5 Å². The van der Waals surface area contributed by atoms with Crippen molar-refractivity contribution in [1.29, 1.82) is 0 Å². The molecule has 1 aromatic rings. The van der Waals surface area contributed by atoms with Crippen molar-refractivity contribution in [3.63, 3.8) is 0 Å². The maximum Gasteiger partial charge on any atom is 0.389 e. The molecule has 0 unspecified atom stereocenters. The molecule has 0 aliphatic heterocycles. The first-order valence-electron chi connectivity index (χ1n) is 3.05. The summed E-state index contributed by atoms with van der Waals surface area (Å²) < 4.78 is 27.3. The highest BCUT2D eigenvalue weighted by Gasteiger charge is 2.07. The van der Waals surface area contributed by atoms with Gasteiger partial charge in [0.2, 0.25) is 0 Å². The number of halogens is 2. The molecule has 5 heteroatoms. The second-order valence-electron chi connectivity index (χ2n) is 1.86. The summed E-state index contributed by atoms with van der Waals surface area (Å²) in [5.74, 6) is 2.35. The number of ether oxygens (including phenoxy) is 1. The van der Waals surface area contributed by atoms with Crippen LogP contribution in [-0.4, -0.2) is 11.6 Å². The zero-order valence-corrected chi connectivity index (χ0v) is 6.78. The molecule has 2 nitrogen and oxygen atoms in total. The summed E-state index contributed by atoms with van der Waals surface area (Å²) in [7, 11) is 0. The minimum absolute atomic E-state index is 0.0461. The van der Waals surface area contributed by atoms with E-state index < -0.39 is 6.61 Å². The molecule has 64 valence electrons. The molecule has 0 N–H and O–H groups in total. The van der Waals surface area contributed by atoms with Crippen molar-refractivity contribution in [3.8, 4) is 17.5 Å². The van der Waals surface area contributed by atoms with Crippen LogP contribution in [0.3, 0.4) is 0 Å². The van der Waals surface area contributed by atoms with Crippen LogP contribution in [0, 0.1) is 12.3 Å². The molecule has 0 spiro atoms. The topological polar surface area (TPSA) is 22.1 Å². The van der Waals surface area contributed by atoms with Crippen LogP contribution in [0.5, 0.6) is 5.19 Å². The van der Waals surface area contributed by atoms with Gasteiger partial charge >= 0.3 is 6.61 Å². The van der Waals surface area contributed by atoms with Gasteiger partial charge in [-0.25, -0.2) is 4.98 Å². The van der Waals surface area contributed by atoms with Crippen LogP contribution in [0.15, 0.2) is 5.38 Å². The van der Waals surface area contributed by atoms with E-state index in [1.165, 1.54) is 0 Å². The quantitative estimate of drug-likeness (QED) is 0.678. The van der Waals surface area contributed by atoms with Gasteiger partial charge in [-0.1, -0.05) is 11.3 Å². The predicted molar refractivity (Wildman–Crippen MR) is 41.3 cm³/mol. The normalized spacial score (nSPS) is 9.83. The summed E-state index contributed by atoms with van der Waals surface area (Å²) in [4.78, 5) is 3.71. The average Bonchev–Trinajstić information content (AvgIpc) is 2.36. The van der Waals surface area contributed by atoms with Crippen LogP contribution >= 0.6 is 11.3 Å². The van der Waals surface area contributed by atoms with Crippen molar-refractivity contribution >= 4 is 11.3 Å². The lowest BCUT2D eigenvalue weighted by Gasteiger charge is -1.96. The van der Waals surface area contributed by atoms with Crippen LogP contribution in [0.4, 0.5) is 8.78 Å². The summed E-state index contributed by atoms with van der Waals surface area (Å²) in [5.41, 5.74) is 0.582. The third kappa shape index (κ3) is 2.47. The van der Waals surface area contributed by atoms with Crippen LogP contribution in [0.2, 0.25) is 0 Å². The number of terminal acetylenes is 1. The Bertz CT molecular complexity index is 292. The van der Waals surface area contributed by atoms with Crippen LogP contribution in [0.25, 0.3) is 0 Å². The van der Waals surface area contributed by atoms with E-state index in [9.17, 15) is 8.78 Å². The van der Waals surface area contributed by atoms with Crippen molar-refractivity contribution in [2.75, 3.05) is 0 Å². The Morgan fingerprint density at radius 3 is 3.08 bits per heavy atom. The molecule has 0 atom stereocenters. The Labute approximate surface area is 72.2 Å². The summed E-state index contributed by atoms with van der Waals surface area (Å²) in [6, 6.07) is 0. The zero-order chi connectivity index (χ0) is 8.97. The highest BCUT2D eigenvalue weighted by atomic mass is 32.1. The van der Waals surface area contributed by atoms with E-state index in [-0.39, 0.29) is 5.19 Å². The summed E-state index contributed by atoms with van der Waals surface area (Å²) in [6.45, 7) is -2.82. The smallest absolute Gasteiger partial charge is 0.389 e. The number of rotatable bonds is 3. The molecule has 0 bridgehead atoms. The molecule has 0 fully saturated rings. The van der Waals surface area contributed by atoms with Gasteiger partial charge in [0.05, 0.1) is 12.1 Å². The van der Waals surface area contributed by atoms with E-state index >= 15 is 0 Å². The number of hydrogen-bond donors (Lipinski definition) is 0. The van der Waals surface area contributed by atoms with E-state index in [4.69, 9.17) is 6.42 Å². The summed E-state index contributed by atoms with van der Waals surface area (Å²) in [5, 5.41) is 1.55. The highest BCUT2D eigenvalue weighted by molar-refractivity contribution is 7.11. The van der Waals surface area contributed by atoms with Crippen molar-refractivity contribution in [3.05, 3.63) is 11.1 Å². The maximum absolute atomic E-state index is 11.6. The fraction of sp³-hybridized carbons (Fsp3) is 0.286. The molecule has 1 aromatic heterocycles. The van der Waals surface area contributed by atoms with E-state index in [1.54, 1.807) is 5.38 Å². The van der Waals surface area contributed by atoms with Crippen molar-refractivity contribution in [2.24, 2.45) is 0 Å². The molecule has 0 radical (unpaired) electrons. The lowest BCUT2D eigenvalue weighted by molar-refractivity contribution is -0.0499. The van der Waals surface area contributed by atoms with Gasteiger partial charge in [-0.3, -0.25) is 0 Å². The van der Waals surface area contributed by atoms with Gasteiger partial charge in [0.25, 0.3) is 5.19 Å². The molecule has 1 rings (SSSR count). The fourth-order valence-electron chi connectivity index (χ4n) is 0.604. The predicted octanol–water partition coefficient (Wildman–Crippen LogP) is 1.92. The van der Waals surface area contributed by atoms with E-state index in [0.29, 0.717) is 12.1 Å². The lowest BCUT2D eigenvalue weighted by Crippen LogP contribution is -2.01. The molecule has 0 aromatic carbocycles. The first-order valence-corrected chi connectivity index (χ1v) is 3.93.